The largest absolute Gasteiger partial charge is 0.439 e. The van der Waals surface area contributed by atoms with E-state index in [4.69, 9.17) is 4.42 Å². The molecule has 8 nitrogen and oxygen atoms in total. The molecule has 2 heterocycles. The molecule has 0 radical (unpaired) electrons. The summed E-state index contributed by atoms with van der Waals surface area (Å²) < 4.78 is 5.88. The van der Waals surface area contributed by atoms with E-state index in [0.717, 1.165) is 19.5 Å². The lowest BCUT2D eigenvalue weighted by Crippen LogP contribution is -2.51. The number of carbonyl (C=O) groups excluding carboxylic acids is 2. The number of carbonyl (C=O) groups is 2. The Labute approximate surface area is 171 Å². The van der Waals surface area contributed by atoms with Crippen molar-refractivity contribution in [1.29, 1.82) is 0 Å². The summed E-state index contributed by atoms with van der Waals surface area (Å²) in [5.74, 6) is 0.648. The van der Waals surface area contributed by atoms with Crippen molar-refractivity contribution in [1.82, 2.24) is 25.0 Å². The van der Waals surface area contributed by atoms with Crippen LogP contribution in [0.15, 0.2) is 22.6 Å². The number of hydrogen-bond donors (Lipinski definition) is 1. The van der Waals surface area contributed by atoms with E-state index >= 15 is 0 Å². The Hall–Kier alpha value is -2.61. The average Bonchev–Trinajstić information content (AvgIpc) is 3.14. The molecule has 8 heteroatoms. The highest BCUT2D eigenvalue weighted by Crippen LogP contribution is 2.20. The monoisotopic (exact) mass is 401 g/mol. The lowest BCUT2D eigenvalue weighted by molar-refractivity contribution is 0.0773. The maximum atomic E-state index is 12.5. The van der Waals surface area contributed by atoms with Gasteiger partial charge in [-0.05, 0) is 38.5 Å². The van der Waals surface area contributed by atoms with Gasteiger partial charge < -0.3 is 19.5 Å². The molecular formula is C21H31N5O3. The van der Waals surface area contributed by atoms with Gasteiger partial charge in [0.25, 0.3) is 5.91 Å². The van der Waals surface area contributed by atoms with Crippen molar-refractivity contribution in [2.45, 2.75) is 33.7 Å². The molecule has 0 bridgehead atoms. The van der Waals surface area contributed by atoms with Crippen LogP contribution in [0.3, 0.4) is 0 Å². The standard InChI is InChI=1S/C21H31N5O3/c1-4-9-22-21(28)26-12-10-24(11-13-26)15-19-23-17-14-16(7-8-18(17)29-19)20(27)25(5-2)6-3/h7-8,14H,4-6,9-13,15H2,1-3H3,(H,22,28). The molecule has 1 fully saturated rings. The molecule has 1 aromatic carbocycles. The van der Waals surface area contributed by atoms with Crippen molar-refractivity contribution >= 4 is 23.0 Å². The second-order valence-electron chi connectivity index (χ2n) is 7.26. The van der Waals surface area contributed by atoms with Gasteiger partial charge in [0.15, 0.2) is 5.58 Å². The first kappa shape index (κ1) is 21.1. The molecule has 0 unspecified atom stereocenters. The molecule has 0 aliphatic carbocycles. The number of nitrogens with zero attached hydrogens (tertiary/aromatic N) is 4. The van der Waals surface area contributed by atoms with Gasteiger partial charge >= 0.3 is 6.03 Å². The van der Waals surface area contributed by atoms with Crippen LogP contribution >= 0.6 is 0 Å². The third kappa shape index (κ3) is 5.06. The van der Waals surface area contributed by atoms with E-state index in [2.05, 4.69) is 15.2 Å². The van der Waals surface area contributed by atoms with Crippen molar-refractivity contribution in [2.24, 2.45) is 0 Å². The highest BCUT2D eigenvalue weighted by molar-refractivity contribution is 5.97. The summed E-state index contributed by atoms with van der Waals surface area (Å²) >= 11 is 0. The van der Waals surface area contributed by atoms with Gasteiger partial charge in [-0.1, -0.05) is 6.92 Å². The van der Waals surface area contributed by atoms with E-state index in [0.29, 0.717) is 61.8 Å². The van der Waals surface area contributed by atoms with Crippen molar-refractivity contribution in [2.75, 3.05) is 45.8 Å². The summed E-state index contributed by atoms with van der Waals surface area (Å²) in [4.78, 5) is 35.1. The third-order valence-corrected chi connectivity index (χ3v) is 5.27. The Morgan fingerprint density at radius 3 is 2.52 bits per heavy atom. The Bertz CT molecular complexity index is 838. The molecule has 0 spiro atoms. The van der Waals surface area contributed by atoms with Crippen LogP contribution in [0.4, 0.5) is 4.79 Å². The second-order valence-corrected chi connectivity index (χ2v) is 7.26. The number of amides is 3. The number of nitrogens with one attached hydrogen (secondary N) is 1. The summed E-state index contributed by atoms with van der Waals surface area (Å²) in [6, 6.07) is 5.43. The molecule has 1 saturated heterocycles. The van der Waals surface area contributed by atoms with Gasteiger partial charge in [0.05, 0.1) is 6.54 Å². The van der Waals surface area contributed by atoms with Gasteiger partial charge in [-0.15, -0.1) is 0 Å². The number of aromatic nitrogens is 1. The normalized spacial score (nSPS) is 14.9. The van der Waals surface area contributed by atoms with E-state index in [1.807, 2.05) is 31.7 Å². The van der Waals surface area contributed by atoms with Gasteiger partial charge in [0.1, 0.15) is 5.52 Å². The summed E-state index contributed by atoms with van der Waals surface area (Å²) in [5, 5.41) is 2.92. The van der Waals surface area contributed by atoms with Crippen molar-refractivity contribution in [3.8, 4) is 0 Å². The van der Waals surface area contributed by atoms with Crippen LogP contribution in [0.25, 0.3) is 11.1 Å². The Morgan fingerprint density at radius 2 is 1.86 bits per heavy atom. The molecule has 1 N–H and O–H groups in total. The van der Waals surface area contributed by atoms with Crippen molar-refractivity contribution < 1.29 is 14.0 Å². The highest BCUT2D eigenvalue weighted by Gasteiger charge is 2.22. The number of oxazole rings is 1. The molecule has 2 aromatic rings. The average molecular weight is 402 g/mol. The van der Waals surface area contributed by atoms with Gasteiger partial charge in [-0.3, -0.25) is 9.69 Å². The van der Waals surface area contributed by atoms with Gasteiger partial charge in [0, 0.05) is 51.4 Å². The molecule has 158 valence electrons. The predicted octanol–water partition coefficient (Wildman–Crippen LogP) is 2.55. The van der Waals surface area contributed by atoms with Crippen molar-refractivity contribution in [3.05, 3.63) is 29.7 Å². The third-order valence-electron chi connectivity index (χ3n) is 5.27. The van der Waals surface area contributed by atoms with Crippen LogP contribution in [-0.4, -0.2) is 77.4 Å². The molecule has 1 aliphatic heterocycles. The van der Waals surface area contributed by atoms with Crippen LogP contribution < -0.4 is 5.32 Å². The summed E-state index contributed by atoms with van der Waals surface area (Å²) in [5.41, 5.74) is 2.03. The number of piperazine rings is 1. The van der Waals surface area contributed by atoms with E-state index < -0.39 is 0 Å². The molecule has 0 saturated carbocycles. The van der Waals surface area contributed by atoms with E-state index in [-0.39, 0.29) is 11.9 Å². The first-order chi connectivity index (χ1) is 14.0. The predicted molar refractivity (Wildman–Crippen MR) is 112 cm³/mol. The quantitative estimate of drug-likeness (QED) is 0.771. The number of hydrogen-bond acceptors (Lipinski definition) is 5. The van der Waals surface area contributed by atoms with E-state index in [9.17, 15) is 9.59 Å². The van der Waals surface area contributed by atoms with Gasteiger partial charge in [0.2, 0.25) is 5.89 Å². The zero-order valence-corrected chi connectivity index (χ0v) is 17.6. The number of rotatable bonds is 7. The van der Waals surface area contributed by atoms with Crippen molar-refractivity contribution in [3.63, 3.8) is 0 Å². The van der Waals surface area contributed by atoms with Crippen LogP contribution in [0, 0.1) is 0 Å². The smallest absolute Gasteiger partial charge is 0.317 e. The topological polar surface area (TPSA) is 81.9 Å². The van der Waals surface area contributed by atoms with Crippen LogP contribution in [0.5, 0.6) is 0 Å². The molecule has 3 rings (SSSR count). The summed E-state index contributed by atoms with van der Waals surface area (Å²) in [6.45, 7) is 11.6. The van der Waals surface area contributed by atoms with Crippen LogP contribution in [0.2, 0.25) is 0 Å². The zero-order chi connectivity index (χ0) is 20.8. The zero-order valence-electron chi connectivity index (χ0n) is 17.6. The fraction of sp³-hybridized carbons (Fsp3) is 0.571. The maximum absolute atomic E-state index is 12.5. The van der Waals surface area contributed by atoms with Crippen LogP contribution in [0.1, 0.15) is 43.4 Å². The fourth-order valence-corrected chi connectivity index (χ4v) is 3.51. The number of fused-ring (bicyclic) bond motifs is 1. The fourth-order valence-electron chi connectivity index (χ4n) is 3.51. The Kier molecular flexibility index (Phi) is 7.09. The minimum atomic E-state index is 0.0127. The van der Waals surface area contributed by atoms with Gasteiger partial charge in [-0.2, -0.15) is 0 Å². The molecule has 1 aromatic heterocycles. The Balaban J connectivity index is 1.60. The maximum Gasteiger partial charge on any atom is 0.317 e. The van der Waals surface area contributed by atoms with Crippen LogP contribution in [-0.2, 0) is 6.54 Å². The van der Waals surface area contributed by atoms with Gasteiger partial charge in [-0.25, -0.2) is 9.78 Å². The minimum Gasteiger partial charge on any atom is -0.439 e. The Morgan fingerprint density at radius 1 is 1.14 bits per heavy atom. The highest BCUT2D eigenvalue weighted by atomic mass is 16.3. The second kappa shape index (κ2) is 9.73. The minimum absolute atomic E-state index is 0.0127. The molecule has 29 heavy (non-hydrogen) atoms. The first-order valence-electron chi connectivity index (χ1n) is 10.5. The lowest BCUT2D eigenvalue weighted by atomic mass is 10.2. The van der Waals surface area contributed by atoms with E-state index in [1.165, 1.54) is 0 Å². The SMILES string of the molecule is CCCNC(=O)N1CCN(Cc2nc3cc(C(=O)N(CC)CC)ccc3o2)CC1. The molecular weight excluding hydrogens is 370 g/mol. The van der Waals surface area contributed by atoms with E-state index in [1.54, 1.807) is 17.0 Å². The number of benzene rings is 1. The first-order valence-corrected chi connectivity index (χ1v) is 10.5. The summed E-state index contributed by atoms with van der Waals surface area (Å²) in [6.07, 6.45) is 0.936. The molecule has 1 aliphatic rings. The lowest BCUT2D eigenvalue weighted by Gasteiger charge is -2.33. The molecule has 3 amide bonds. The molecule has 0 atom stereocenters. The number of urea groups is 1. The summed E-state index contributed by atoms with van der Waals surface area (Å²) in [7, 11) is 0.